The molecular weight excluding hydrogens is 531 g/mol. The Hall–Kier alpha value is -2.32. The van der Waals surface area contributed by atoms with E-state index in [4.69, 9.17) is 23.2 Å². The van der Waals surface area contributed by atoms with Gasteiger partial charge in [0.05, 0.1) is 5.75 Å². The highest BCUT2D eigenvalue weighted by atomic mass is 79.9. The van der Waals surface area contributed by atoms with Gasteiger partial charge < -0.3 is 5.32 Å². The van der Waals surface area contributed by atoms with Crippen molar-refractivity contribution in [2.45, 2.75) is 12.1 Å². The van der Waals surface area contributed by atoms with E-state index in [1.54, 1.807) is 24.3 Å². The zero-order valence-electron chi connectivity index (χ0n) is 16.8. The van der Waals surface area contributed by atoms with Crippen LogP contribution < -0.4 is 5.32 Å². The Kier molecular flexibility index (Phi) is 7.20. The number of carbonyl (C=O) groups is 1. The second kappa shape index (κ2) is 10.1. The molecule has 32 heavy (non-hydrogen) atoms. The topological polar surface area (TPSA) is 59.8 Å². The van der Waals surface area contributed by atoms with E-state index in [9.17, 15) is 4.79 Å². The monoisotopic (exact) mass is 546 g/mol. The molecule has 4 aromatic rings. The molecule has 0 fully saturated rings. The number of benzene rings is 3. The first-order valence-electron chi connectivity index (χ1n) is 9.57. The molecule has 0 saturated carbocycles. The normalized spacial score (nSPS) is 10.9. The van der Waals surface area contributed by atoms with Crippen LogP contribution in [-0.2, 0) is 4.79 Å². The fraction of sp³-hybridized carbons (Fsp3) is 0.0870. The number of hydrogen-bond acceptors (Lipinski definition) is 4. The highest BCUT2D eigenvalue weighted by Gasteiger charge is 2.18. The fourth-order valence-electron chi connectivity index (χ4n) is 3.06. The van der Waals surface area contributed by atoms with Crippen LogP contribution in [0.25, 0.3) is 17.1 Å². The van der Waals surface area contributed by atoms with Gasteiger partial charge in [-0.3, -0.25) is 9.36 Å². The Morgan fingerprint density at radius 1 is 1.00 bits per heavy atom. The van der Waals surface area contributed by atoms with Gasteiger partial charge in [0.25, 0.3) is 0 Å². The molecule has 1 amide bonds. The summed E-state index contributed by atoms with van der Waals surface area (Å²) in [5.74, 6) is 0.705. The fourth-order valence-corrected chi connectivity index (χ4v) is 4.54. The van der Waals surface area contributed by atoms with Crippen LogP contribution in [0.3, 0.4) is 0 Å². The molecular formula is C23H17BrCl2N4OS. The van der Waals surface area contributed by atoms with Crippen LogP contribution >= 0.6 is 50.9 Å². The maximum atomic E-state index is 12.6. The van der Waals surface area contributed by atoms with Gasteiger partial charge in [0, 0.05) is 31.5 Å². The Morgan fingerprint density at radius 2 is 1.66 bits per heavy atom. The van der Waals surface area contributed by atoms with Crippen LogP contribution in [0.5, 0.6) is 0 Å². The minimum Gasteiger partial charge on any atom is -0.325 e. The second-order valence-electron chi connectivity index (χ2n) is 6.92. The number of amides is 1. The molecule has 0 unspecified atom stereocenters. The second-order valence-corrected chi connectivity index (χ2v) is 9.65. The van der Waals surface area contributed by atoms with E-state index in [1.807, 2.05) is 54.0 Å². The van der Waals surface area contributed by atoms with Crippen molar-refractivity contribution in [3.63, 3.8) is 0 Å². The third kappa shape index (κ3) is 5.35. The molecule has 0 saturated heterocycles. The Bertz CT molecular complexity index is 1260. The molecule has 0 aliphatic carbocycles. The summed E-state index contributed by atoms with van der Waals surface area (Å²) >= 11 is 16.9. The van der Waals surface area contributed by atoms with Crippen molar-refractivity contribution >= 4 is 62.5 Å². The van der Waals surface area contributed by atoms with Gasteiger partial charge in [0.1, 0.15) is 0 Å². The molecule has 5 nitrogen and oxygen atoms in total. The standard InChI is InChI=1S/C23H17BrCl2N4OS/c1-14-12-16(24)4-11-20(14)27-21(31)13-32-23-29-28-22(15-2-5-17(25)6-3-15)30(23)19-9-7-18(26)8-10-19/h2-12H,13H2,1H3,(H,27,31). The van der Waals surface area contributed by atoms with Crippen molar-refractivity contribution in [1.82, 2.24) is 14.8 Å². The van der Waals surface area contributed by atoms with E-state index in [1.165, 1.54) is 11.8 Å². The van der Waals surface area contributed by atoms with Gasteiger partial charge >= 0.3 is 0 Å². The van der Waals surface area contributed by atoms with Crippen molar-refractivity contribution in [3.8, 4) is 17.1 Å². The lowest BCUT2D eigenvalue weighted by atomic mass is 10.2. The summed E-state index contributed by atoms with van der Waals surface area (Å²) in [6.45, 7) is 1.95. The van der Waals surface area contributed by atoms with Gasteiger partial charge in [0.2, 0.25) is 5.91 Å². The van der Waals surface area contributed by atoms with Crippen molar-refractivity contribution < 1.29 is 4.79 Å². The predicted molar refractivity (Wildman–Crippen MR) is 135 cm³/mol. The minimum atomic E-state index is -0.126. The Morgan fingerprint density at radius 3 is 2.31 bits per heavy atom. The molecule has 0 radical (unpaired) electrons. The first-order chi connectivity index (χ1) is 15.4. The van der Waals surface area contributed by atoms with Gasteiger partial charge in [0.15, 0.2) is 11.0 Å². The van der Waals surface area contributed by atoms with Crippen molar-refractivity contribution in [1.29, 1.82) is 0 Å². The van der Waals surface area contributed by atoms with E-state index in [-0.39, 0.29) is 11.7 Å². The number of carbonyl (C=O) groups excluding carboxylic acids is 1. The molecule has 162 valence electrons. The Balaban J connectivity index is 1.60. The largest absolute Gasteiger partial charge is 0.325 e. The van der Waals surface area contributed by atoms with Crippen LogP contribution in [0.4, 0.5) is 5.69 Å². The Labute approximate surface area is 208 Å². The molecule has 3 aromatic carbocycles. The van der Waals surface area contributed by atoms with Crippen LogP contribution in [0.15, 0.2) is 76.4 Å². The number of thioether (sulfide) groups is 1. The van der Waals surface area contributed by atoms with E-state index in [0.29, 0.717) is 21.0 Å². The average Bonchev–Trinajstić information content (AvgIpc) is 3.19. The molecule has 0 aliphatic rings. The zero-order valence-corrected chi connectivity index (χ0v) is 20.8. The number of anilines is 1. The minimum absolute atomic E-state index is 0.126. The van der Waals surface area contributed by atoms with Crippen LogP contribution in [0.2, 0.25) is 10.0 Å². The van der Waals surface area contributed by atoms with Crippen molar-refractivity contribution in [3.05, 3.63) is 86.8 Å². The number of aromatic nitrogens is 3. The molecule has 4 rings (SSSR count). The zero-order chi connectivity index (χ0) is 22.7. The highest BCUT2D eigenvalue weighted by molar-refractivity contribution is 9.10. The van der Waals surface area contributed by atoms with Crippen LogP contribution in [-0.4, -0.2) is 26.4 Å². The average molecular weight is 548 g/mol. The summed E-state index contributed by atoms with van der Waals surface area (Å²) in [6, 6.07) is 20.5. The first-order valence-corrected chi connectivity index (χ1v) is 12.1. The number of rotatable bonds is 6. The van der Waals surface area contributed by atoms with Gasteiger partial charge in [-0.2, -0.15) is 0 Å². The molecule has 1 heterocycles. The molecule has 9 heteroatoms. The van der Waals surface area contributed by atoms with E-state index in [0.717, 1.165) is 27.0 Å². The quantitative estimate of drug-likeness (QED) is 0.263. The summed E-state index contributed by atoms with van der Waals surface area (Å²) in [6.07, 6.45) is 0. The number of nitrogens with zero attached hydrogens (tertiary/aromatic N) is 3. The highest BCUT2D eigenvalue weighted by Crippen LogP contribution is 2.29. The maximum absolute atomic E-state index is 12.6. The van der Waals surface area contributed by atoms with Gasteiger partial charge in [-0.25, -0.2) is 0 Å². The first kappa shape index (κ1) is 22.9. The SMILES string of the molecule is Cc1cc(Br)ccc1NC(=O)CSc1nnc(-c2ccc(Cl)cc2)n1-c1ccc(Cl)cc1. The summed E-state index contributed by atoms with van der Waals surface area (Å²) < 4.78 is 2.87. The van der Waals surface area contributed by atoms with Crippen LogP contribution in [0, 0.1) is 6.92 Å². The van der Waals surface area contributed by atoms with Gasteiger partial charge in [-0.1, -0.05) is 50.9 Å². The van der Waals surface area contributed by atoms with Crippen LogP contribution in [0.1, 0.15) is 5.56 Å². The van der Waals surface area contributed by atoms with Gasteiger partial charge in [-0.15, -0.1) is 10.2 Å². The lowest BCUT2D eigenvalue weighted by Gasteiger charge is -2.11. The molecule has 0 atom stereocenters. The molecule has 0 aliphatic heterocycles. The summed E-state index contributed by atoms with van der Waals surface area (Å²) in [5, 5.41) is 13.5. The third-order valence-electron chi connectivity index (χ3n) is 4.62. The number of aryl methyl sites for hydroxylation is 1. The molecule has 0 bridgehead atoms. The number of nitrogens with one attached hydrogen (secondary N) is 1. The third-order valence-corrected chi connectivity index (χ3v) is 6.54. The van der Waals surface area contributed by atoms with Gasteiger partial charge in [-0.05, 0) is 79.2 Å². The predicted octanol–water partition coefficient (Wildman–Crippen LogP) is 7.04. The van der Waals surface area contributed by atoms with Crippen molar-refractivity contribution in [2.24, 2.45) is 0 Å². The lowest BCUT2D eigenvalue weighted by molar-refractivity contribution is -0.113. The molecule has 0 spiro atoms. The number of hydrogen-bond donors (Lipinski definition) is 1. The summed E-state index contributed by atoms with van der Waals surface area (Å²) in [5.41, 5.74) is 3.46. The lowest BCUT2D eigenvalue weighted by Crippen LogP contribution is -2.15. The number of halogens is 3. The smallest absolute Gasteiger partial charge is 0.234 e. The van der Waals surface area contributed by atoms with Crippen molar-refractivity contribution in [2.75, 3.05) is 11.1 Å². The maximum Gasteiger partial charge on any atom is 0.234 e. The molecule has 1 aromatic heterocycles. The van der Waals surface area contributed by atoms with E-state index in [2.05, 4.69) is 31.4 Å². The van der Waals surface area contributed by atoms with E-state index < -0.39 is 0 Å². The summed E-state index contributed by atoms with van der Waals surface area (Å²) in [7, 11) is 0. The van der Waals surface area contributed by atoms with E-state index >= 15 is 0 Å². The molecule has 1 N–H and O–H groups in total. The summed E-state index contributed by atoms with van der Waals surface area (Å²) in [4.78, 5) is 12.6.